The molecule has 4 rings (SSSR count). The molecular weight excluding hydrogens is 444 g/mol. The molecule has 186 valence electrons. The van der Waals surface area contributed by atoms with Crippen molar-refractivity contribution in [1.82, 2.24) is 10.6 Å². The minimum absolute atomic E-state index is 0.00859. The van der Waals surface area contributed by atoms with Crippen molar-refractivity contribution in [3.05, 3.63) is 59.7 Å². The second-order valence-corrected chi connectivity index (χ2v) is 9.70. The van der Waals surface area contributed by atoms with E-state index in [0.717, 1.165) is 25.7 Å². The van der Waals surface area contributed by atoms with E-state index in [1.54, 1.807) is 6.92 Å². The summed E-state index contributed by atoms with van der Waals surface area (Å²) in [6.45, 7) is 2.23. The quantitative estimate of drug-likeness (QED) is 0.485. The molecule has 1 fully saturated rings. The number of carbonyl (C=O) groups is 3. The van der Waals surface area contributed by atoms with Gasteiger partial charge in [-0.05, 0) is 47.4 Å². The Hall–Kier alpha value is -3.35. The molecule has 0 aliphatic heterocycles. The zero-order valence-electron chi connectivity index (χ0n) is 20.2. The van der Waals surface area contributed by atoms with Crippen molar-refractivity contribution in [3.8, 4) is 11.1 Å². The maximum atomic E-state index is 12.7. The number of hydrogen-bond donors (Lipinski definition) is 3. The molecule has 1 saturated carbocycles. The van der Waals surface area contributed by atoms with Gasteiger partial charge in [0.1, 0.15) is 6.61 Å². The Kier molecular flexibility index (Phi) is 8.06. The van der Waals surface area contributed by atoms with Crippen molar-refractivity contribution in [2.45, 2.75) is 57.4 Å². The number of carboxylic acids is 1. The van der Waals surface area contributed by atoms with Crippen LogP contribution in [0.1, 0.15) is 62.5 Å². The first-order chi connectivity index (χ1) is 16.9. The lowest BCUT2D eigenvalue weighted by Crippen LogP contribution is -2.44. The highest BCUT2D eigenvalue weighted by Crippen LogP contribution is 2.44. The predicted octanol–water partition coefficient (Wildman–Crippen LogP) is 4.70. The molecule has 2 aliphatic carbocycles. The minimum Gasteiger partial charge on any atom is -0.481 e. The predicted molar refractivity (Wildman–Crippen MR) is 133 cm³/mol. The Bertz CT molecular complexity index is 1020. The van der Waals surface area contributed by atoms with Gasteiger partial charge in [-0.2, -0.15) is 0 Å². The van der Waals surface area contributed by atoms with Crippen LogP contribution in [0.3, 0.4) is 0 Å². The van der Waals surface area contributed by atoms with Gasteiger partial charge in [0.15, 0.2) is 0 Å². The molecule has 7 nitrogen and oxygen atoms in total. The van der Waals surface area contributed by atoms with Gasteiger partial charge in [0, 0.05) is 24.9 Å². The summed E-state index contributed by atoms with van der Waals surface area (Å²) in [6, 6.07) is 16.4. The number of fused-ring (bicyclic) bond motifs is 3. The van der Waals surface area contributed by atoms with Gasteiger partial charge >= 0.3 is 12.1 Å². The third-order valence-corrected chi connectivity index (χ3v) is 7.32. The van der Waals surface area contributed by atoms with Crippen LogP contribution in [0.4, 0.5) is 4.79 Å². The molecule has 0 radical (unpaired) electrons. The van der Waals surface area contributed by atoms with E-state index in [4.69, 9.17) is 9.84 Å². The zero-order valence-corrected chi connectivity index (χ0v) is 20.2. The fourth-order valence-electron chi connectivity index (χ4n) is 5.30. The molecule has 35 heavy (non-hydrogen) atoms. The molecule has 2 aromatic rings. The summed E-state index contributed by atoms with van der Waals surface area (Å²) >= 11 is 0. The Morgan fingerprint density at radius 3 is 2.29 bits per heavy atom. The van der Waals surface area contributed by atoms with Crippen LogP contribution in [0.15, 0.2) is 48.5 Å². The molecule has 0 heterocycles. The SMILES string of the molecule is CC(CCNC(=O)C[C@@H]1CCCC[C@@H]1NC(=O)OCC1c2ccccc2-c2ccccc21)C(=O)O. The normalized spacial score (nSPS) is 19.8. The van der Waals surface area contributed by atoms with E-state index in [0.29, 0.717) is 19.4 Å². The highest BCUT2D eigenvalue weighted by molar-refractivity contribution is 5.79. The first-order valence-electron chi connectivity index (χ1n) is 12.5. The number of aliphatic carboxylic acids is 1. The molecule has 0 aromatic heterocycles. The third-order valence-electron chi connectivity index (χ3n) is 7.32. The monoisotopic (exact) mass is 478 g/mol. The van der Waals surface area contributed by atoms with Crippen LogP contribution < -0.4 is 10.6 Å². The van der Waals surface area contributed by atoms with Gasteiger partial charge in [-0.1, -0.05) is 68.3 Å². The van der Waals surface area contributed by atoms with Gasteiger partial charge in [0.05, 0.1) is 5.92 Å². The summed E-state index contributed by atoms with van der Waals surface area (Å²) < 4.78 is 5.70. The number of amides is 2. The van der Waals surface area contributed by atoms with Crippen molar-refractivity contribution in [3.63, 3.8) is 0 Å². The molecule has 0 saturated heterocycles. The van der Waals surface area contributed by atoms with E-state index >= 15 is 0 Å². The highest BCUT2D eigenvalue weighted by atomic mass is 16.5. The topological polar surface area (TPSA) is 105 Å². The molecule has 0 spiro atoms. The smallest absolute Gasteiger partial charge is 0.407 e. The van der Waals surface area contributed by atoms with Gasteiger partial charge in [0.2, 0.25) is 5.91 Å². The van der Waals surface area contributed by atoms with E-state index < -0.39 is 18.0 Å². The summed E-state index contributed by atoms with van der Waals surface area (Å²) in [5.41, 5.74) is 4.72. The lowest BCUT2D eigenvalue weighted by molar-refractivity contribution is -0.141. The number of carbonyl (C=O) groups excluding carboxylic acids is 2. The molecule has 1 unspecified atom stereocenters. The minimum atomic E-state index is -0.862. The Balaban J connectivity index is 1.29. The fraction of sp³-hybridized carbons (Fsp3) is 0.464. The highest BCUT2D eigenvalue weighted by Gasteiger charge is 2.31. The van der Waals surface area contributed by atoms with E-state index in [-0.39, 0.29) is 30.4 Å². The molecule has 7 heteroatoms. The van der Waals surface area contributed by atoms with Crippen molar-refractivity contribution in [2.75, 3.05) is 13.2 Å². The summed E-state index contributed by atoms with van der Waals surface area (Å²) in [4.78, 5) is 36.1. The molecule has 3 atom stereocenters. The van der Waals surface area contributed by atoms with Crippen LogP contribution in [-0.4, -0.2) is 42.3 Å². The molecule has 2 amide bonds. The van der Waals surface area contributed by atoms with Crippen LogP contribution in [0, 0.1) is 11.8 Å². The van der Waals surface area contributed by atoms with Crippen molar-refractivity contribution < 1.29 is 24.2 Å². The van der Waals surface area contributed by atoms with Gasteiger partial charge in [-0.25, -0.2) is 4.79 Å². The van der Waals surface area contributed by atoms with Crippen LogP contribution in [0.25, 0.3) is 11.1 Å². The van der Waals surface area contributed by atoms with Crippen molar-refractivity contribution in [2.24, 2.45) is 11.8 Å². The number of benzene rings is 2. The zero-order chi connectivity index (χ0) is 24.8. The lowest BCUT2D eigenvalue weighted by Gasteiger charge is -2.31. The molecular formula is C28H34N2O5. The third kappa shape index (κ3) is 6.02. The number of nitrogens with one attached hydrogen (secondary N) is 2. The standard InChI is InChI=1S/C28H34N2O5/c1-18(27(32)33)14-15-29-26(31)16-19-8-2-7-13-25(19)30-28(34)35-17-24-22-11-5-3-9-20(22)21-10-4-6-12-23(21)24/h3-6,9-12,18-19,24-25H,2,7-8,13-17H2,1H3,(H,29,31)(H,30,34)(H,32,33)/t18?,19-,25-/m0/s1. The average Bonchev–Trinajstić information content (AvgIpc) is 3.17. The van der Waals surface area contributed by atoms with Crippen LogP contribution in [-0.2, 0) is 14.3 Å². The Morgan fingerprint density at radius 2 is 1.63 bits per heavy atom. The van der Waals surface area contributed by atoms with Gasteiger partial charge in [-0.3, -0.25) is 9.59 Å². The van der Waals surface area contributed by atoms with E-state index in [9.17, 15) is 14.4 Å². The number of ether oxygens (including phenoxy) is 1. The summed E-state index contributed by atoms with van der Waals surface area (Å²) in [5, 5.41) is 14.8. The molecule has 2 aromatic carbocycles. The first-order valence-corrected chi connectivity index (χ1v) is 12.5. The van der Waals surface area contributed by atoms with Gasteiger partial charge in [-0.15, -0.1) is 0 Å². The van der Waals surface area contributed by atoms with E-state index in [1.165, 1.54) is 22.3 Å². The maximum Gasteiger partial charge on any atom is 0.407 e. The second kappa shape index (κ2) is 11.4. The number of carboxylic acid groups (broad SMARTS) is 1. The summed E-state index contributed by atoms with van der Waals surface area (Å²) in [6.07, 6.45) is 3.98. The van der Waals surface area contributed by atoms with Crippen LogP contribution in [0.5, 0.6) is 0 Å². The fourth-order valence-corrected chi connectivity index (χ4v) is 5.30. The Labute approximate surface area is 206 Å². The molecule has 0 bridgehead atoms. The number of rotatable bonds is 9. The van der Waals surface area contributed by atoms with Crippen molar-refractivity contribution in [1.29, 1.82) is 0 Å². The van der Waals surface area contributed by atoms with Gasteiger partial charge < -0.3 is 20.5 Å². The lowest BCUT2D eigenvalue weighted by atomic mass is 9.82. The number of alkyl carbamates (subject to hydrolysis) is 1. The second-order valence-electron chi connectivity index (χ2n) is 9.70. The summed E-state index contributed by atoms with van der Waals surface area (Å²) in [7, 11) is 0. The van der Waals surface area contributed by atoms with E-state index in [1.807, 2.05) is 24.3 Å². The Morgan fingerprint density at radius 1 is 1.00 bits per heavy atom. The average molecular weight is 479 g/mol. The van der Waals surface area contributed by atoms with E-state index in [2.05, 4.69) is 34.9 Å². The summed E-state index contributed by atoms with van der Waals surface area (Å²) in [5.74, 6) is -1.41. The first kappa shape index (κ1) is 24.8. The maximum absolute atomic E-state index is 12.7. The molecule has 3 N–H and O–H groups in total. The molecule has 2 aliphatic rings. The van der Waals surface area contributed by atoms with Crippen molar-refractivity contribution >= 4 is 18.0 Å². The number of hydrogen-bond acceptors (Lipinski definition) is 4. The van der Waals surface area contributed by atoms with Crippen LogP contribution in [0.2, 0.25) is 0 Å². The largest absolute Gasteiger partial charge is 0.481 e. The van der Waals surface area contributed by atoms with Gasteiger partial charge in [0.25, 0.3) is 0 Å². The van der Waals surface area contributed by atoms with Crippen LogP contribution >= 0.6 is 0 Å².